The Kier molecular flexibility index (Phi) is 4.29. The Labute approximate surface area is 179 Å². The van der Waals surface area contributed by atoms with Gasteiger partial charge < -0.3 is 0 Å². The second-order valence-electron chi connectivity index (χ2n) is 7.23. The highest BCUT2D eigenvalue weighted by atomic mass is 32.5. The molecule has 0 aliphatic rings. The number of halogens is 5. The molecule has 7 nitrogen and oxygen atoms in total. The standard InChI is InChI=1S/C18H16F5N5O2S2/c1-27-11-12(10-24-27)18-16-9-13(26-31(2,29)30)3-8-17(16)28(25-18)14-4-6-15(7-5-14)32(19,20,21,22)23/h3-11,26H,1-2H3. The van der Waals surface area contributed by atoms with E-state index >= 15 is 0 Å². The van der Waals surface area contributed by atoms with Crippen molar-refractivity contribution < 1.29 is 27.8 Å². The van der Waals surface area contributed by atoms with Crippen molar-refractivity contribution >= 4 is 36.8 Å². The zero-order chi connectivity index (χ0) is 23.6. The molecule has 2 heterocycles. The first-order valence-electron chi connectivity index (χ1n) is 8.84. The van der Waals surface area contributed by atoms with Crippen LogP contribution in [0.2, 0.25) is 0 Å². The topological polar surface area (TPSA) is 81.8 Å². The summed E-state index contributed by atoms with van der Waals surface area (Å²) in [4.78, 5) is -2.00. The molecule has 14 heteroatoms. The largest absolute Gasteiger partial charge is 0.310 e. The summed E-state index contributed by atoms with van der Waals surface area (Å²) in [6.07, 6.45) is 4.16. The van der Waals surface area contributed by atoms with Crippen molar-refractivity contribution in [3.05, 3.63) is 54.9 Å². The van der Waals surface area contributed by atoms with Crippen LogP contribution in [0.5, 0.6) is 0 Å². The molecular formula is C18H16F5N5O2S2. The van der Waals surface area contributed by atoms with Crippen LogP contribution >= 0.6 is 10.2 Å². The van der Waals surface area contributed by atoms with Crippen LogP contribution in [-0.2, 0) is 17.1 Å². The van der Waals surface area contributed by atoms with Gasteiger partial charge in [-0.3, -0.25) is 9.40 Å². The molecule has 172 valence electrons. The highest BCUT2D eigenvalue weighted by Gasteiger charge is 2.65. The molecule has 2 aromatic heterocycles. The van der Waals surface area contributed by atoms with Crippen LogP contribution in [0.1, 0.15) is 0 Å². The van der Waals surface area contributed by atoms with Crippen molar-refractivity contribution in [3.8, 4) is 16.9 Å². The monoisotopic (exact) mass is 493 g/mol. The van der Waals surface area contributed by atoms with E-state index in [4.69, 9.17) is 0 Å². The van der Waals surface area contributed by atoms with Gasteiger partial charge in [0.1, 0.15) is 10.6 Å². The molecule has 0 aliphatic heterocycles. The SMILES string of the molecule is Cn1cc(-c2nn(-c3ccc(S(F)(F)(F)(F)F)cc3)c3ccc(NS(C)(=O)=O)cc23)cn1. The number of benzene rings is 2. The average Bonchev–Trinajstić information content (AvgIpc) is 3.22. The van der Waals surface area contributed by atoms with Crippen molar-refractivity contribution in [2.75, 3.05) is 11.0 Å². The van der Waals surface area contributed by atoms with Crippen molar-refractivity contribution in [1.29, 1.82) is 0 Å². The molecule has 0 unspecified atom stereocenters. The lowest BCUT2D eigenvalue weighted by molar-refractivity contribution is 0.364. The number of rotatable bonds is 5. The number of anilines is 1. The van der Waals surface area contributed by atoms with Crippen LogP contribution in [0, 0.1) is 0 Å². The van der Waals surface area contributed by atoms with Gasteiger partial charge in [0.2, 0.25) is 10.0 Å². The number of sulfonamides is 1. The highest BCUT2D eigenvalue weighted by molar-refractivity contribution is 8.45. The van der Waals surface area contributed by atoms with E-state index in [1.54, 1.807) is 13.2 Å². The van der Waals surface area contributed by atoms with E-state index in [0.29, 0.717) is 34.3 Å². The molecule has 0 spiro atoms. The quantitative estimate of drug-likeness (QED) is 0.375. The Morgan fingerprint density at radius 3 is 2.19 bits per heavy atom. The summed E-state index contributed by atoms with van der Waals surface area (Å²) in [5, 5.41) is 8.98. The third-order valence-corrected chi connectivity index (χ3v) is 6.26. The maximum absolute atomic E-state index is 13.1. The Morgan fingerprint density at radius 1 is 1.00 bits per heavy atom. The maximum Gasteiger partial charge on any atom is 0.310 e. The lowest BCUT2D eigenvalue weighted by Gasteiger charge is -2.40. The minimum atomic E-state index is -9.81. The van der Waals surface area contributed by atoms with E-state index in [2.05, 4.69) is 14.9 Å². The molecule has 0 atom stereocenters. The summed E-state index contributed by atoms with van der Waals surface area (Å²) in [7, 11) is -11.7. The van der Waals surface area contributed by atoms with Gasteiger partial charge in [-0.25, -0.2) is 13.1 Å². The number of hydrogen-bond donors (Lipinski definition) is 1. The summed E-state index contributed by atoms with van der Waals surface area (Å²) < 4.78 is 93.6. The number of aryl methyl sites for hydroxylation is 1. The summed E-state index contributed by atoms with van der Waals surface area (Å²) in [6.45, 7) is 0. The Balaban J connectivity index is 1.91. The number of nitrogens with one attached hydrogen (secondary N) is 1. The second kappa shape index (κ2) is 6.22. The van der Waals surface area contributed by atoms with E-state index < -0.39 is 25.1 Å². The van der Waals surface area contributed by atoms with Gasteiger partial charge in [0, 0.05) is 29.9 Å². The fourth-order valence-corrected chi connectivity index (χ4v) is 4.40. The van der Waals surface area contributed by atoms with Gasteiger partial charge in [0.05, 0.1) is 23.7 Å². The van der Waals surface area contributed by atoms with Gasteiger partial charge in [-0.2, -0.15) is 10.2 Å². The lowest BCUT2D eigenvalue weighted by atomic mass is 10.1. The van der Waals surface area contributed by atoms with Gasteiger partial charge in [-0.1, -0.05) is 19.4 Å². The molecule has 0 amide bonds. The van der Waals surface area contributed by atoms with Crippen LogP contribution in [-0.4, -0.2) is 34.2 Å². The van der Waals surface area contributed by atoms with Crippen molar-refractivity contribution in [3.63, 3.8) is 0 Å². The molecule has 0 radical (unpaired) electrons. The molecule has 0 aliphatic carbocycles. The van der Waals surface area contributed by atoms with Crippen molar-refractivity contribution in [2.24, 2.45) is 7.05 Å². The first-order valence-corrected chi connectivity index (χ1v) is 12.7. The molecule has 0 fully saturated rings. The van der Waals surface area contributed by atoms with Crippen molar-refractivity contribution in [2.45, 2.75) is 4.90 Å². The molecule has 0 saturated heterocycles. The third kappa shape index (κ3) is 4.41. The van der Waals surface area contributed by atoms with E-state index in [1.165, 1.54) is 33.8 Å². The van der Waals surface area contributed by atoms with E-state index in [9.17, 15) is 27.8 Å². The molecule has 1 N–H and O–H groups in total. The third-order valence-electron chi connectivity index (χ3n) is 4.49. The first-order chi connectivity index (χ1) is 14.5. The Bertz CT molecular complexity index is 1460. The summed E-state index contributed by atoms with van der Waals surface area (Å²) in [5.41, 5.74) is 1.72. The van der Waals surface area contributed by atoms with E-state index in [-0.39, 0.29) is 11.4 Å². The molecule has 4 rings (SSSR count). The second-order valence-corrected chi connectivity index (χ2v) is 11.4. The number of aromatic nitrogens is 4. The fraction of sp³-hybridized carbons (Fsp3) is 0.111. The summed E-state index contributed by atoms with van der Waals surface area (Å²) >= 11 is 0. The van der Waals surface area contributed by atoms with Crippen LogP contribution in [0.15, 0.2) is 59.8 Å². The Hall–Kier alpha value is -3.13. The van der Waals surface area contributed by atoms with Crippen LogP contribution in [0.25, 0.3) is 27.8 Å². The zero-order valence-corrected chi connectivity index (χ0v) is 18.1. The van der Waals surface area contributed by atoms with E-state index in [1.807, 2.05) is 0 Å². The number of nitrogens with zero attached hydrogens (tertiary/aromatic N) is 4. The predicted molar refractivity (Wildman–Crippen MR) is 113 cm³/mol. The Morgan fingerprint density at radius 2 is 1.66 bits per heavy atom. The molecular weight excluding hydrogens is 477 g/mol. The van der Waals surface area contributed by atoms with Gasteiger partial charge >= 0.3 is 10.2 Å². The van der Waals surface area contributed by atoms with Gasteiger partial charge in [-0.05, 0) is 42.5 Å². The molecule has 4 aromatic rings. The molecule has 0 saturated carbocycles. The summed E-state index contributed by atoms with van der Waals surface area (Å²) in [5.74, 6) is 0. The van der Waals surface area contributed by atoms with Gasteiger partial charge in [-0.15, -0.1) is 0 Å². The first kappa shape index (κ1) is 22.1. The lowest BCUT2D eigenvalue weighted by Crippen LogP contribution is -2.09. The van der Waals surface area contributed by atoms with Crippen LogP contribution in [0.4, 0.5) is 25.1 Å². The predicted octanol–water partition coefficient (Wildman–Crippen LogP) is 5.45. The molecule has 0 bridgehead atoms. The normalized spacial score (nSPS) is 14.8. The number of hydrogen-bond acceptors (Lipinski definition) is 4. The minimum Gasteiger partial charge on any atom is -0.284 e. The average molecular weight is 493 g/mol. The molecule has 32 heavy (non-hydrogen) atoms. The van der Waals surface area contributed by atoms with Crippen molar-refractivity contribution in [1.82, 2.24) is 19.6 Å². The highest BCUT2D eigenvalue weighted by Crippen LogP contribution is 3.02. The fourth-order valence-electron chi connectivity index (χ4n) is 3.19. The smallest absolute Gasteiger partial charge is 0.284 e. The van der Waals surface area contributed by atoms with Gasteiger partial charge in [0.15, 0.2) is 0 Å². The molecule has 2 aromatic carbocycles. The minimum absolute atomic E-state index is 0.111. The number of fused-ring (bicyclic) bond motifs is 1. The van der Waals surface area contributed by atoms with Crippen LogP contribution in [0.3, 0.4) is 0 Å². The van der Waals surface area contributed by atoms with Gasteiger partial charge in [0.25, 0.3) is 0 Å². The zero-order valence-electron chi connectivity index (χ0n) is 16.5. The van der Waals surface area contributed by atoms with Crippen LogP contribution < -0.4 is 4.72 Å². The summed E-state index contributed by atoms with van der Waals surface area (Å²) in [6, 6.07) is 6.92. The maximum atomic E-state index is 13.1. The van der Waals surface area contributed by atoms with E-state index in [0.717, 1.165) is 18.4 Å².